The van der Waals surface area contributed by atoms with E-state index in [0.717, 1.165) is 123 Å². The lowest BCUT2D eigenvalue weighted by molar-refractivity contribution is 0.590. The second-order valence-corrected chi connectivity index (χ2v) is 25.2. The second kappa shape index (κ2) is 21.4. The molecule has 0 unspecified atom stereocenters. The number of hydrogen-bond acceptors (Lipinski definition) is 2. The maximum absolute atomic E-state index is 9.52. The van der Waals surface area contributed by atoms with Crippen molar-refractivity contribution < 1.29 is 13.7 Å². The zero-order valence-electron chi connectivity index (χ0n) is 60.1. The fourth-order valence-corrected chi connectivity index (χ4v) is 13.3. The standard InChI is InChI=1S/C83H71BN2/c1-54-44-55(2)78(56(3)45-54)65-48-76-79-77(49-65)86(81-70(61-36-24-14-25-37-61)52-67(83(7,8)9)53-71(81)62-38-26-15-27-39-62)75-47-64(58-30-18-11-19-31-58)41-43-73(75)84(79)72-42-40-63(57-28-16-10-17-29-57)46-74(72)85(76)80-68(59-32-20-12-21-33-59)50-66(82(4,5)6)51-69(80)60-34-22-13-23-35-60/h10-53H,1-9H3/i10D,11D,16D,17D,18D,19D,28D,29D,30D,31D. The van der Waals surface area contributed by atoms with Gasteiger partial charge in [0.05, 0.1) is 25.1 Å². The molecule has 12 aromatic carbocycles. The number of hydrogen-bond donors (Lipinski definition) is 0. The van der Waals surface area contributed by atoms with Gasteiger partial charge in [0.25, 0.3) is 6.71 Å². The summed E-state index contributed by atoms with van der Waals surface area (Å²) in [7, 11) is 0. The summed E-state index contributed by atoms with van der Waals surface area (Å²) in [5.74, 6) is 0. The van der Waals surface area contributed by atoms with Gasteiger partial charge in [0.2, 0.25) is 0 Å². The molecule has 2 aliphatic heterocycles. The van der Waals surface area contributed by atoms with Gasteiger partial charge >= 0.3 is 0 Å². The maximum atomic E-state index is 9.52. The van der Waals surface area contributed by atoms with Crippen molar-refractivity contribution in [1.82, 2.24) is 0 Å². The molecule has 0 saturated heterocycles. The summed E-state index contributed by atoms with van der Waals surface area (Å²) >= 11 is 0. The summed E-state index contributed by atoms with van der Waals surface area (Å²) in [6.07, 6.45) is 0. The number of rotatable bonds is 9. The molecule has 0 spiro atoms. The lowest BCUT2D eigenvalue weighted by Gasteiger charge is -2.46. The largest absolute Gasteiger partial charge is 0.310 e. The van der Waals surface area contributed by atoms with Crippen LogP contribution in [0.1, 0.15) is 83.1 Å². The molecule has 0 fully saturated rings. The molecule has 0 atom stereocenters. The molecule has 2 aliphatic rings. The zero-order chi connectivity index (χ0) is 67.7. The summed E-state index contributed by atoms with van der Waals surface area (Å²) in [5, 5.41) is 0. The highest BCUT2D eigenvalue weighted by atomic mass is 15.2. The number of benzene rings is 12. The Labute approximate surface area is 523 Å². The van der Waals surface area contributed by atoms with Crippen LogP contribution < -0.4 is 26.2 Å². The Kier molecular flexibility index (Phi) is 10.9. The molecule has 0 aliphatic carbocycles. The Hall–Kier alpha value is -9.70. The summed E-state index contributed by atoms with van der Waals surface area (Å²) in [4.78, 5) is 4.79. The monoisotopic (exact) mass is 1120 g/mol. The van der Waals surface area contributed by atoms with Gasteiger partial charge in [-0.15, -0.1) is 0 Å². The van der Waals surface area contributed by atoms with E-state index in [9.17, 15) is 5.48 Å². The maximum Gasteiger partial charge on any atom is 0.252 e. The highest BCUT2D eigenvalue weighted by Crippen LogP contribution is 2.55. The minimum atomic E-state index is -0.590. The van der Waals surface area contributed by atoms with Gasteiger partial charge in [-0.1, -0.05) is 265 Å². The van der Waals surface area contributed by atoms with E-state index in [2.05, 4.69) is 230 Å². The molecule has 0 saturated carbocycles. The molecule has 416 valence electrons. The van der Waals surface area contributed by atoms with Gasteiger partial charge in [-0.05, 0) is 174 Å². The van der Waals surface area contributed by atoms with E-state index in [4.69, 9.17) is 8.22 Å². The fourth-order valence-electron chi connectivity index (χ4n) is 13.3. The van der Waals surface area contributed by atoms with Crippen LogP contribution in [-0.2, 0) is 10.8 Å². The summed E-state index contributed by atoms with van der Waals surface area (Å²) in [6, 6.07) is 68.3. The average molecular weight is 1120 g/mol. The zero-order valence-corrected chi connectivity index (χ0v) is 50.1. The Bertz CT molecular complexity index is 4680. The van der Waals surface area contributed by atoms with Crippen molar-refractivity contribution in [1.29, 1.82) is 0 Å². The minimum absolute atomic E-state index is 0.0728. The number of aryl methyl sites for hydroxylation is 3. The first-order valence-corrected chi connectivity index (χ1v) is 29.7. The SMILES string of the molecule is [2H]c1c([2H])c([2H])c(-c2ccc3c(c2)N(c2c(-c4ccccc4)cc(C(C)(C)C)cc2-c2ccccc2)c2cc(-c4c(C)cc(C)cc4C)cc4c2B3c2ccc(-c3c([2H])c([2H])c([2H])c([2H])c3[2H])cc2N4c2c(-c3ccccc3)cc(C(C)(C)C)cc2-c2ccccc2)c([2H])c1[2H]. The van der Waals surface area contributed by atoms with Crippen LogP contribution in [0.15, 0.2) is 267 Å². The number of anilines is 6. The molecule has 14 rings (SSSR count). The van der Waals surface area contributed by atoms with Gasteiger partial charge in [0, 0.05) is 45.0 Å². The molecule has 0 bridgehead atoms. The van der Waals surface area contributed by atoms with E-state index in [1.807, 2.05) is 48.5 Å². The summed E-state index contributed by atoms with van der Waals surface area (Å²) in [5.41, 5.74) is 23.1. The third kappa shape index (κ3) is 9.57. The predicted molar refractivity (Wildman–Crippen MR) is 370 cm³/mol. The molecule has 12 aromatic rings. The molecule has 0 aromatic heterocycles. The Morgan fingerprint density at radius 3 is 0.977 bits per heavy atom. The normalized spacial score (nSPS) is 14.3. The van der Waals surface area contributed by atoms with Gasteiger partial charge < -0.3 is 9.80 Å². The molecule has 2 nitrogen and oxygen atoms in total. The topological polar surface area (TPSA) is 6.48 Å². The van der Waals surface area contributed by atoms with Gasteiger partial charge in [0.15, 0.2) is 0 Å². The first-order chi connectivity index (χ1) is 45.8. The van der Waals surface area contributed by atoms with Crippen molar-refractivity contribution in [2.45, 2.75) is 73.1 Å². The van der Waals surface area contributed by atoms with Crippen molar-refractivity contribution in [3.05, 3.63) is 294 Å². The van der Waals surface area contributed by atoms with Crippen LogP contribution in [0.5, 0.6) is 0 Å². The lowest BCUT2D eigenvalue weighted by atomic mass is 9.33. The minimum Gasteiger partial charge on any atom is -0.310 e. The van der Waals surface area contributed by atoms with Crippen molar-refractivity contribution in [3.63, 3.8) is 0 Å². The molecule has 2 heterocycles. The van der Waals surface area contributed by atoms with E-state index in [0.29, 0.717) is 22.5 Å². The third-order valence-electron chi connectivity index (χ3n) is 17.4. The van der Waals surface area contributed by atoms with Crippen molar-refractivity contribution in [2.24, 2.45) is 0 Å². The van der Waals surface area contributed by atoms with Crippen molar-refractivity contribution >= 4 is 57.2 Å². The van der Waals surface area contributed by atoms with Crippen LogP contribution in [0, 0.1) is 20.8 Å². The van der Waals surface area contributed by atoms with E-state index in [1.54, 1.807) is 0 Å². The summed E-state index contributed by atoms with van der Waals surface area (Å²) < 4.78 is 91.7. The number of nitrogens with zero attached hydrogens (tertiary/aromatic N) is 2. The van der Waals surface area contributed by atoms with Crippen LogP contribution in [-0.4, -0.2) is 6.71 Å². The van der Waals surface area contributed by atoms with Crippen LogP contribution in [0.3, 0.4) is 0 Å². The molecule has 0 amide bonds. The number of fused-ring (bicyclic) bond motifs is 4. The molecule has 86 heavy (non-hydrogen) atoms. The van der Waals surface area contributed by atoms with E-state index in [1.165, 1.54) is 0 Å². The molecule has 0 radical (unpaired) electrons. The molecule has 3 heteroatoms. The molecule has 0 N–H and O–H groups in total. The van der Waals surface area contributed by atoms with Crippen LogP contribution in [0.2, 0.25) is 0 Å². The highest BCUT2D eigenvalue weighted by molar-refractivity contribution is 7.00. The first-order valence-electron chi connectivity index (χ1n) is 34.7. The van der Waals surface area contributed by atoms with Gasteiger partial charge in [-0.3, -0.25) is 0 Å². The molecular formula is C83H71BN2. The quantitative estimate of drug-likeness (QED) is 0.133. The second-order valence-electron chi connectivity index (χ2n) is 25.2. The van der Waals surface area contributed by atoms with Gasteiger partial charge in [-0.2, -0.15) is 0 Å². The van der Waals surface area contributed by atoms with Crippen LogP contribution >= 0.6 is 0 Å². The van der Waals surface area contributed by atoms with E-state index < -0.39 is 43.0 Å². The smallest absolute Gasteiger partial charge is 0.252 e. The van der Waals surface area contributed by atoms with E-state index >= 15 is 0 Å². The fraction of sp³-hybridized carbons (Fsp3) is 0.133. The summed E-state index contributed by atoms with van der Waals surface area (Å²) in [6.45, 7) is 19.3. The van der Waals surface area contributed by atoms with Crippen molar-refractivity contribution in [2.75, 3.05) is 9.80 Å². The third-order valence-corrected chi connectivity index (χ3v) is 17.4. The average Bonchev–Trinajstić information content (AvgIpc) is 0.686. The van der Waals surface area contributed by atoms with E-state index in [-0.39, 0.29) is 46.1 Å². The van der Waals surface area contributed by atoms with Crippen molar-refractivity contribution in [3.8, 4) is 77.9 Å². The van der Waals surface area contributed by atoms with Gasteiger partial charge in [0.1, 0.15) is 0 Å². The predicted octanol–water partition coefficient (Wildman–Crippen LogP) is 21.0. The lowest BCUT2D eigenvalue weighted by Crippen LogP contribution is -2.61. The van der Waals surface area contributed by atoms with Crippen LogP contribution in [0.25, 0.3) is 77.9 Å². The Morgan fingerprint density at radius 1 is 0.326 bits per heavy atom. The van der Waals surface area contributed by atoms with Gasteiger partial charge in [-0.25, -0.2) is 0 Å². The molecular weight excluding hydrogens is 1040 g/mol. The Morgan fingerprint density at radius 2 is 0.651 bits per heavy atom. The van der Waals surface area contributed by atoms with Crippen LogP contribution in [0.4, 0.5) is 34.1 Å². The highest BCUT2D eigenvalue weighted by Gasteiger charge is 2.46. The Balaban J connectivity index is 1.24. The first kappa shape index (κ1) is 43.9.